The van der Waals surface area contributed by atoms with Gasteiger partial charge in [-0.25, -0.2) is 0 Å². The average Bonchev–Trinajstić information content (AvgIpc) is 2.73. The monoisotopic (exact) mass is 208 g/mol. The molecule has 0 aliphatic heterocycles. The van der Waals surface area contributed by atoms with Crippen LogP contribution in [0, 0.1) is 11.3 Å². The number of fused-ring (bicyclic) bond motifs is 1. The van der Waals surface area contributed by atoms with E-state index in [2.05, 4.69) is 11.1 Å². The van der Waals surface area contributed by atoms with Crippen LogP contribution in [0.15, 0.2) is 48.6 Å². The molecular weight excluding hydrogens is 196 g/mol. The fourth-order valence-corrected chi connectivity index (χ4v) is 1.60. The van der Waals surface area contributed by atoms with Crippen LogP contribution in [0.2, 0.25) is 0 Å². The van der Waals surface area contributed by atoms with E-state index in [4.69, 9.17) is 5.26 Å². The summed E-state index contributed by atoms with van der Waals surface area (Å²) >= 11 is 0. The van der Waals surface area contributed by atoms with Gasteiger partial charge in [0, 0.05) is 10.9 Å². The van der Waals surface area contributed by atoms with Crippen LogP contribution in [0.25, 0.3) is 16.5 Å². The first-order chi connectivity index (χ1) is 7.85. The standard InChI is InChI=1S/C14H12N2/c1-2-3-6-12(10-15)14-9-11-7-4-5-8-13(11)16-14/h2-9,16H,1H3/b3-2+,12-6+. The molecule has 2 aromatic rings. The van der Waals surface area contributed by atoms with Gasteiger partial charge in [0.15, 0.2) is 0 Å². The molecule has 0 aliphatic rings. The maximum atomic E-state index is 9.06. The maximum absolute atomic E-state index is 9.06. The molecule has 1 aromatic carbocycles. The van der Waals surface area contributed by atoms with Crippen molar-refractivity contribution in [1.82, 2.24) is 4.98 Å². The van der Waals surface area contributed by atoms with E-state index < -0.39 is 0 Å². The van der Waals surface area contributed by atoms with Crippen molar-refractivity contribution in [1.29, 1.82) is 5.26 Å². The van der Waals surface area contributed by atoms with Crippen molar-refractivity contribution in [3.05, 3.63) is 54.3 Å². The molecule has 0 unspecified atom stereocenters. The number of nitrogens with zero attached hydrogens (tertiary/aromatic N) is 1. The van der Waals surface area contributed by atoms with Crippen molar-refractivity contribution < 1.29 is 0 Å². The number of aromatic amines is 1. The molecule has 1 heterocycles. The van der Waals surface area contributed by atoms with Crippen LogP contribution in [0.3, 0.4) is 0 Å². The number of aromatic nitrogens is 1. The summed E-state index contributed by atoms with van der Waals surface area (Å²) in [6, 6.07) is 12.2. The summed E-state index contributed by atoms with van der Waals surface area (Å²) in [6.07, 6.45) is 5.58. The van der Waals surface area contributed by atoms with E-state index in [1.165, 1.54) is 0 Å². The van der Waals surface area contributed by atoms with E-state index in [1.807, 2.05) is 55.5 Å². The Bertz CT molecular complexity index is 561. The summed E-state index contributed by atoms with van der Waals surface area (Å²) in [5.74, 6) is 0. The Morgan fingerprint density at radius 2 is 2.19 bits per heavy atom. The number of allylic oxidation sites excluding steroid dienone is 4. The second-order valence-electron chi connectivity index (χ2n) is 3.49. The quantitative estimate of drug-likeness (QED) is 0.593. The largest absolute Gasteiger partial charge is 0.354 e. The van der Waals surface area contributed by atoms with Gasteiger partial charge in [-0.05, 0) is 25.1 Å². The SMILES string of the molecule is C/C=C/C=C(\C#N)c1cc2ccccc2[nH]1. The molecule has 0 atom stereocenters. The summed E-state index contributed by atoms with van der Waals surface area (Å²) < 4.78 is 0. The number of para-hydroxylation sites is 1. The van der Waals surface area contributed by atoms with E-state index >= 15 is 0 Å². The van der Waals surface area contributed by atoms with Crippen molar-refractivity contribution in [2.75, 3.05) is 0 Å². The number of benzene rings is 1. The van der Waals surface area contributed by atoms with Crippen LogP contribution in [-0.2, 0) is 0 Å². The van der Waals surface area contributed by atoms with Crippen molar-refractivity contribution in [2.45, 2.75) is 6.92 Å². The average molecular weight is 208 g/mol. The molecule has 1 N–H and O–H groups in total. The van der Waals surface area contributed by atoms with Gasteiger partial charge in [-0.15, -0.1) is 0 Å². The number of rotatable bonds is 2. The summed E-state index contributed by atoms with van der Waals surface area (Å²) in [5, 5.41) is 10.2. The molecule has 16 heavy (non-hydrogen) atoms. The lowest BCUT2D eigenvalue weighted by Gasteiger charge is -1.90. The first kappa shape index (κ1) is 10.3. The number of hydrogen-bond acceptors (Lipinski definition) is 1. The second kappa shape index (κ2) is 4.50. The Labute approximate surface area is 94.5 Å². The number of hydrogen-bond donors (Lipinski definition) is 1. The summed E-state index contributed by atoms with van der Waals surface area (Å²) in [7, 11) is 0. The molecule has 2 nitrogen and oxygen atoms in total. The third kappa shape index (κ3) is 1.89. The van der Waals surface area contributed by atoms with E-state index in [9.17, 15) is 0 Å². The fraction of sp³-hybridized carbons (Fsp3) is 0.0714. The minimum Gasteiger partial charge on any atom is -0.354 e. The zero-order valence-corrected chi connectivity index (χ0v) is 9.07. The number of H-pyrrole nitrogens is 1. The third-order valence-electron chi connectivity index (χ3n) is 2.40. The van der Waals surface area contributed by atoms with Crippen LogP contribution in [0.5, 0.6) is 0 Å². The van der Waals surface area contributed by atoms with E-state index in [-0.39, 0.29) is 0 Å². The van der Waals surface area contributed by atoms with Crippen molar-refractivity contribution in [3.63, 3.8) is 0 Å². The molecule has 0 saturated heterocycles. The first-order valence-corrected chi connectivity index (χ1v) is 5.16. The van der Waals surface area contributed by atoms with Gasteiger partial charge < -0.3 is 4.98 Å². The van der Waals surface area contributed by atoms with Crippen LogP contribution in [-0.4, -0.2) is 4.98 Å². The number of nitrogens with one attached hydrogen (secondary N) is 1. The van der Waals surface area contributed by atoms with Crippen LogP contribution >= 0.6 is 0 Å². The normalized spacial score (nSPS) is 12.1. The van der Waals surface area contributed by atoms with Crippen LogP contribution in [0.1, 0.15) is 12.6 Å². The van der Waals surface area contributed by atoms with Gasteiger partial charge in [-0.3, -0.25) is 0 Å². The Balaban J connectivity index is 2.51. The molecule has 0 radical (unpaired) electrons. The molecule has 0 spiro atoms. The Hall–Kier alpha value is -2.27. The van der Waals surface area contributed by atoms with Crippen molar-refractivity contribution in [2.24, 2.45) is 0 Å². The first-order valence-electron chi connectivity index (χ1n) is 5.16. The van der Waals surface area contributed by atoms with Crippen LogP contribution < -0.4 is 0 Å². The highest BCUT2D eigenvalue weighted by atomic mass is 14.7. The summed E-state index contributed by atoms with van der Waals surface area (Å²) in [6.45, 7) is 1.93. The maximum Gasteiger partial charge on any atom is 0.101 e. The van der Waals surface area contributed by atoms with Gasteiger partial charge >= 0.3 is 0 Å². The molecule has 78 valence electrons. The van der Waals surface area contributed by atoms with Crippen molar-refractivity contribution in [3.8, 4) is 6.07 Å². The molecule has 0 bridgehead atoms. The second-order valence-corrected chi connectivity index (χ2v) is 3.49. The van der Waals surface area contributed by atoms with E-state index in [0.29, 0.717) is 5.57 Å². The highest BCUT2D eigenvalue weighted by molar-refractivity contribution is 5.87. The van der Waals surface area contributed by atoms with Gasteiger partial charge in [0.25, 0.3) is 0 Å². The van der Waals surface area contributed by atoms with E-state index in [0.717, 1.165) is 16.6 Å². The molecule has 1 aromatic heterocycles. The molecule has 2 heteroatoms. The predicted molar refractivity (Wildman–Crippen MR) is 66.7 cm³/mol. The summed E-state index contributed by atoms with van der Waals surface area (Å²) in [4.78, 5) is 3.23. The lowest BCUT2D eigenvalue weighted by atomic mass is 10.2. The molecule has 0 amide bonds. The highest BCUT2D eigenvalue weighted by Crippen LogP contribution is 2.20. The zero-order valence-electron chi connectivity index (χ0n) is 9.07. The lowest BCUT2D eigenvalue weighted by Crippen LogP contribution is -1.79. The van der Waals surface area contributed by atoms with Crippen molar-refractivity contribution >= 4 is 16.5 Å². The third-order valence-corrected chi connectivity index (χ3v) is 2.40. The number of nitriles is 1. The molecule has 2 rings (SSSR count). The topological polar surface area (TPSA) is 39.6 Å². The van der Waals surface area contributed by atoms with Gasteiger partial charge in [-0.1, -0.05) is 30.4 Å². The Kier molecular flexibility index (Phi) is 2.88. The Morgan fingerprint density at radius 3 is 2.88 bits per heavy atom. The molecular formula is C14H12N2. The molecule has 0 fully saturated rings. The fourth-order valence-electron chi connectivity index (χ4n) is 1.60. The highest BCUT2D eigenvalue weighted by Gasteiger charge is 2.03. The molecule has 0 saturated carbocycles. The van der Waals surface area contributed by atoms with Crippen LogP contribution in [0.4, 0.5) is 0 Å². The van der Waals surface area contributed by atoms with Gasteiger partial charge in [0.2, 0.25) is 0 Å². The Morgan fingerprint density at radius 1 is 1.38 bits per heavy atom. The predicted octanol–water partition coefficient (Wildman–Crippen LogP) is 3.65. The van der Waals surface area contributed by atoms with Gasteiger partial charge in [0.05, 0.1) is 11.3 Å². The smallest absolute Gasteiger partial charge is 0.101 e. The van der Waals surface area contributed by atoms with Gasteiger partial charge in [-0.2, -0.15) is 5.26 Å². The van der Waals surface area contributed by atoms with Gasteiger partial charge in [0.1, 0.15) is 6.07 Å². The summed E-state index contributed by atoms with van der Waals surface area (Å²) in [5.41, 5.74) is 2.57. The zero-order chi connectivity index (χ0) is 11.4. The van der Waals surface area contributed by atoms with E-state index in [1.54, 1.807) is 0 Å². The lowest BCUT2D eigenvalue weighted by molar-refractivity contribution is 1.40. The minimum absolute atomic E-state index is 0.648. The molecule has 0 aliphatic carbocycles. The minimum atomic E-state index is 0.648.